The zero-order valence-corrected chi connectivity index (χ0v) is 18.2. The number of anilines is 2. The van der Waals surface area contributed by atoms with Crippen LogP contribution in [-0.4, -0.2) is 20.4 Å². The van der Waals surface area contributed by atoms with E-state index in [0.717, 1.165) is 11.1 Å². The summed E-state index contributed by atoms with van der Waals surface area (Å²) in [6, 6.07) is 16.6. The van der Waals surface area contributed by atoms with Gasteiger partial charge in [0.15, 0.2) is 6.10 Å². The highest BCUT2D eigenvalue weighted by molar-refractivity contribution is 7.92. The standard InChI is InChI=1S/C23H23FN2O4S/c1-15-4-13-22(16(2)14-15)26-31(28,29)21-11-7-19(8-12-21)25-23(27)17(3)30-20-9-5-18(24)6-10-20/h4-14,17,26H,1-3H3,(H,25,27)/t17-/m0/s1. The summed E-state index contributed by atoms with van der Waals surface area (Å²) in [4.78, 5) is 12.4. The maximum atomic E-state index is 13.0. The minimum Gasteiger partial charge on any atom is -0.481 e. The molecule has 3 rings (SSSR count). The number of rotatable bonds is 7. The van der Waals surface area contributed by atoms with Crippen molar-refractivity contribution in [2.24, 2.45) is 0 Å². The monoisotopic (exact) mass is 442 g/mol. The van der Waals surface area contributed by atoms with Crippen LogP contribution in [0.5, 0.6) is 5.75 Å². The molecule has 0 saturated carbocycles. The van der Waals surface area contributed by atoms with Gasteiger partial charge < -0.3 is 10.1 Å². The smallest absolute Gasteiger partial charge is 0.265 e. The molecule has 0 saturated heterocycles. The Kier molecular flexibility index (Phi) is 6.60. The van der Waals surface area contributed by atoms with Crippen molar-refractivity contribution < 1.29 is 22.3 Å². The summed E-state index contributed by atoms with van der Waals surface area (Å²) in [5.41, 5.74) is 2.79. The molecule has 6 nitrogen and oxygen atoms in total. The molecule has 0 radical (unpaired) electrons. The number of nitrogens with one attached hydrogen (secondary N) is 2. The number of carbonyl (C=O) groups excluding carboxylic acids is 1. The molecule has 0 aliphatic heterocycles. The highest BCUT2D eigenvalue weighted by atomic mass is 32.2. The minimum atomic E-state index is -3.77. The van der Waals surface area contributed by atoms with Crippen LogP contribution in [0.2, 0.25) is 0 Å². The Hall–Kier alpha value is -3.39. The van der Waals surface area contributed by atoms with E-state index in [9.17, 15) is 17.6 Å². The van der Waals surface area contributed by atoms with Gasteiger partial charge in [-0.2, -0.15) is 0 Å². The predicted molar refractivity (Wildman–Crippen MR) is 118 cm³/mol. The van der Waals surface area contributed by atoms with Crippen molar-refractivity contribution in [1.29, 1.82) is 0 Å². The first-order valence-electron chi connectivity index (χ1n) is 9.57. The Bertz CT molecular complexity index is 1180. The summed E-state index contributed by atoms with van der Waals surface area (Å²) in [6.45, 7) is 5.33. The largest absolute Gasteiger partial charge is 0.481 e. The van der Waals surface area contributed by atoms with Gasteiger partial charge in [0.1, 0.15) is 11.6 Å². The molecule has 0 heterocycles. The second kappa shape index (κ2) is 9.18. The lowest BCUT2D eigenvalue weighted by Crippen LogP contribution is -2.30. The molecule has 162 valence electrons. The molecular weight excluding hydrogens is 419 g/mol. The molecule has 2 N–H and O–H groups in total. The van der Waals surface area contributed by atoms with E-state index in [4.69, 9.17) is 4.74 Å². The molecule has 0 spiro atoms. The van der Waals surface area contributed by atoms with E-state index in [-0.39, 0.29) is 4.90 Å². The van der Waals surface area contributed by atoms with E-state index < -0.39 is 27.9 Å². The fourth-order valence-electron chi connectivity index (χ4n) is 2.86. The average molecular weight is 443 g/mol. The number of aryl methyl sites for hydroxylation is 2. The first-order chi connectivity index (χ1) is 14.6. The summed E-state index contributed by atoms with van der Waals surface area (Å²) in [5, 5.41) is 2.66. The molecular formula is C23H23FN2O4S. The molecule has 3 aromatic carbocycles. The summed E-state index contributed by atoms with van der Waals surface area (Å²) in [6.07, 6.45) is -0.833. The topological polar surface area (TPSA) is 84.5 Å². The maximum absolute atomic E-state index is 13.0. The van der Waals surface area contributed by atoms with Gasteiger partial charge in [0, 0.05) is 5.69 Å². The lowest BCUT2D eigenvalue weighted by molar-refractivity contribution is -0.122. The van der Waals surface area contributed by atoms with Gasteiger partial charge in [-0.25, -0.2) is 12.8 Å². The van der Waals surface area contributed by atoms with Crippen molar-refractivity contribution in [2.75, 3.05) is 10.0 Å². The number of ether oxygens (including phenoxy) is 1. The Labute approximate surface area is 181 Å². The average Bonchev–Trinajstić information content (AvgIpc) is 2.72. The number of sulfonamides is 1. The Morgan fingerprint density at radius 3 is 2.23 bits per heavy atom. The van der Waals surface area contributed by atoms with Gasteiger partial charge in [-0.3, -0.25) is 9.52 Å². The molecule has 0 bridgehead atoms. The molecule has 0 unspecified atom stereocenters. The van der Waals surface area contributed by atoms with Crippen molar-refractivity contribution in [3.05, 3.63) is 83.7 Å². The summed E-state index contributed by atoms with van der Waals surface area (Å²) in [7, 11) is -3.77. The maximum Gasteiger partial charge on any atom is 0.265 e. The van der Waals surface area contributed by atoms with Gasteiger partial charge in [0.25, 0.3) is 15.9 Å². The number of hydrogen-bond acceptors (Lipinski definition) is 4. The molecule has 0 aliphatic rings. The summed E-state index contributed by atoms with van der Waals surface area (Å²) < 4.78 is 46.3. The molecule has 0 aromatic heterocycles. The molecule has 0 fully saturated rings. The van der Waals surface area contributed by atoms with E-state index in [1.165, 1.54) is 48.5 Å². The Morgan fingerprint density at radius 2 is 1.61 bits per heavy atom. The summed E-state index contributed by atoms with van der Waals surface area (Å²) in [5.74, 6) is -0.456. The van der Waals surface area contributed by atoms with Crippen molar-refractivity contribution >= 4 is 27.3 Å². The van der Waals surface area contributed by atoms with Crippen LogP contribution >= 0.6 is 0 Å². The minimum absolute atomic E-state index is 0.0704. The van der Waals surface area contributed by atoms with Crippen molar-refractivity contribution in [1.82, 2.24) is 0 Å². The van der Waals surface area contributed by atoms with Gasteiger partial charge in [-0.05, 0) is 80.9 Å². The zero-order chi connectivity index (χ0) is 22.6. The first kappa shape index (κ1) is 22.3. The third-order valence-corrected chi connectivity index (χ3v) is 5.94. The van der Waals surface area contributed by atoms with Crippen LogP contribution in [0.4, 0.5) is 15.8 Å². The SMILES string of the molecule is Cc1ccc(NS(=O)(=O)c2ccc(NC(=O)[C@H](C)Oc3ccc(F)cc3)cc2)c(C)c1. The van der Waals surface area contributed by atoms with E-state index in [0.29, 0.717) is 17.1 Å². The van der Waals surface area contributed by atoms with Crippen LogP contribution in [0.15, 0.2) is 71.6 Å². The second-order valence-corrected chi connectivity index (χ2v) is 8.83. The van der Waals surface area contributed by atoms with E-state index in [1.807, 2.05) is 26.0 Å². The normalized spacial score (nSPS) is 12.1. The van der Waals surface area contributed by atoms with E-state index in [1.54, 1.807) is 13.0 Å². The third-order valence-electron chi connectivity index (χ3n) is 4.55. The van der Waals surface area contributed by atoms with Crippen LogP contribution in [0.25, 0.3) is 0 Å². The number of halogens is 1. The van der Waals surface area contributed by atoms with Gasteiger partial charge in [0.05, 0.1) is 10.6 Å². The lowest BCUT2D eigenvalue weighted by atomic mass is 10.1. The van der Waals surface area contributed by atoms with Crippen LogP contribution in [-0.2, 0) is 14.8 Å². The predicted octanol–water partition coefficient (Wildman–Crippen LogP) is 4.65. The quantitative estimate of drug-likeness (QED) is 0.558. The first-order valence-corrected chi connectivity index (χ1v) is 11.1. The number of hydrogen-bond donors (Lipinski definition) is 2. The van der Waals surface area contributed by atoms with Crippen LogP contribution < -0.4 is 14.8 Å². The van der Waals surface area contributed by atoms with Gasteiger partial charge in [0.2, 0.25) is 0 Å². The molecule has 1 amide bonds. The number of carbonyl (C=O) groups is 1. The fraction of sp³-hybridized carbons (Fsp3) is 0.174. The van der Waals surface area contributed by atoms with Crippen molar-refractivity contribution in [2.45, 2.75) is 31.8 Å². The molecule has 8 heteroatoms. The number of benzene rings is 3. The van der Waals surface area contributed by atoms with Gasteiger partial charge in [-0.1, -0.05) is 17.7 Å². The highest BCUT2D eigenvalue weighted by Crippen LogP contribution is 2.22. The van der Waals surface area contributed by atoms with Crippen LogP contribution in [0.3, 0.4) is 0 Å². The highest BCUT2D eigenvalue weighted by Gasteiger charge is 2.17. The van der Waals surface area contributed by atoms with E-state index in [2.05, 4.69) is 10.0 Å². The van der Waals surface area contributed by atoms with Gasteiger partial charge in [-0.15, -0.1) is 0 Å². The Morgan fingerprint density at radius 1 is 0.968 bits per heavy atom. The van der Waals surface area contributed by atoms with Crippen LogP contribution in [0.1, 0.15) is 18.1 Å². The van der Waals surface area contributed by atoms with Gasteiger partial charge >= 0.3 is 0 Å². The van der Waals surface area contributed by atoms with Crippen LogP contribution in [0, 0.1) is 19.7 Å². The lowest BCUT2D eigenvalue weighted by Gasteiger charge is -2.15. The molecule has 31 heavy (non-hydrogen) atoms. The fourth-order valence-corrected chi connectivity index (χ4v) is 3.99. The van der Waals surface area contributed by atoms with Crippen molar-refractivity contribution in [3.63, 3.8) is 0 Å². The Balaban J connectivity index is 1.64. The molecule has 1 atom stereocenters. The molecule has 0 aliphatic carbocycles. The zero-order valence-electron chi connectivity index (χ0n) is 17.3. The summed E-state index contributed by atoms with van der Waals surface area (Å²) >= 11 is 0. The second-order valence-electron chi connectivity index (χ2n) is 7.15. The molecule has 3 aromatic rings. The number of amides is 1. The van der Waals surface area contributed by atoms with Crippen molar-refractivity contribution in [3.8, 4) is 5.75 Å². The van der Waals surface area contributed by atoms with E-state index >= 15 is 0 Å². The third kappa shape index (κ3) is 5.82.